The lowest BCUT2D eigenvalue weighted by Crippen LogP contribution is -2.24. The predicted molar refractivity (Wildman–Crippen MR) is 65.7 cm³/mol. The highest BCUT2D eigenvalue weighted by Crippen LogP contribution is 2.15. The molecule has 0 fully saturated rings. The van der Waals surface area contributed by atoms with Crippen LogP contribution in [-0.2, 0) is 13.6 Å². The van der Waals surface area contributed by atoms with Crippen LogP contribution in [0.25, 0.3) is 0 Å². The highest BCUT2D eigenvalue weighted by Gasteiger charge is 2.13. The molecule has 17 heavy (non-hydrogen) atoms. The fourth-order valence-corrected chi connectivity index (χ4v) is 1.98. The van der Waals surface area contributed by atoms with Gasteiger partial charge in [0.15, 0.2) is 0 Å². The van der Waals surface area contributed by atoms with Gasteiger partial charge in [-0.25, -0.2) is 0 Å². The quantitative estimate of drug-likeness (QED) is 0.900. The maximum absolute atomic E-state index is 11.7. The van der Waals surface area contributed by atoms with Gasteiger partial charge in [0.25, 0.3) is 5.91 Å². The van der Waals surface area contributed by atoms with Crippen LogP contribution in [0.2, 0.25) is 5.02 Å². The van der Waals surface area contributed by atoms with Crippen LogP contribution in [0.5, 0.6) is 0 Å². The third kappa shape index (κ3) is 2.50. The maximum atomic E-state index is 11.7. The van der Waals surface area contributed by atoms with Crippen molar-refractivity contribution in [2.24, 2.45) is 7.05 Å². The molecule has 0 aromatic carbocycles. The molecule has 0 saturated heterocycles. The Bertz CT molecular complexity index is 530. The Hall–Kier alpha value is -1.34. The number of H-pyrrole nitrogens is 1. The van der Waals surface area contributed by atoms with E-state index in [1.54, 1.807) is 17.9 Å². The first-order valence-electron chi connectivity index (χ1n) is 4.73. The average molecular weight is 319 g/mol. The van der Waals surface area contributed by atoms with Crippen molar-refractivity contribution < 1.29 is 4.79 Å². The van der Waals surface area contributed by atoms with Gasteiger partial charge in [-0.05, 0) is 15.9 Å². The number of halogens is 2. The highest BCUT2D eigenvalue weighted by molar-refractivity contribution is 9.10. The standard InChI is InChI=1S/C9H9BrClN5O/c1-16-7(5(10)2-14-16)4-12-9(17)8-6(11)3-13-15-8/h2-3H,4H2,1H3,(H,12,17)(H,13,15). The monoisotopic (exact) mass is 317 g/mol. The van der Waals surface area contributed by atoms with Crippen LogP contribution in [0.15, 0.2) is 16.9 Å². The number of aromatic amines is 1. The molecule has 2 N–H and O–H groups in total. The van der Waals surface area contributed by atoms with Gasteiger partial charge < -0.3 is 5.32 Å². The van der Waals surface area contributed by atoms with Gasteiger partial charge in [-0.15, -0.1) is 0 Å². The van der Waals surface area contributed by atoms with E-state index in [0.29, 0.717) is 11.6 Å². The number of nitrogens with one attached hydrogen (secondary N) is 2. The van der Waals surface area contributed by atoms with E-state index in [1.165, 1.54) is 6.20 Å². The molecule has 0 aliphatic carbocycles. The summed E-state index contributed by atoms with van der Waals surface area (Å²) in [5.41, 5.74) is 1.12. The zero-order valence-corrected chi connectivity index (χ0v) is 11.2. The van der Waals surface area contributed by atoms with Gasteiger partial charge in [-0.3, -0.25) is 14.6 Å². The van der Waals surface area contributed by atoms with Gasteiger partial charge in [-0.1, -0.05) is 11.6 Å². The summed E-state index contributed by atoms with van der Waals surface area (Å²) in [7, 11) is 1.80. The number of amides is 1. The second kappa shape index (κ2) is 4.89. The van der Waals surface area contributed by atoms with E-state index in [0.717, 1.165) is 10.2 Å². The molecule has 2 heterocycles. The summed E-state index contributed by atoms with van der Waals surface area (Å²) >= 11 is 9.13. The van der Waals surface area contributed by atoms with Crippen molar-refractivity contribution in [3.05, 3.63) is 33.3 Å². The van der Waals surface area contributed by atoms with Crippen molar-refractivity contribution in [3.8, 4) is 0 Å². The second-order valence-corrected chi connectivity index (χ2v) is 4.60. The number of nitrogens with zero attached hydrogens (tertiary/aromatic N) is 3. The molecule has 8 heteroatoms. The van der Waals surface area contributed by atoms with Gasteiger partial charge >= 0.3 is 0 Å². The normalized spacial score (nSPS) is 10.5. The summed E-state index contributed by atoms with van der Waals surface area (Å²) in [5.74, 6) is -0.305. The van der Waals surface area contributed by atoms with E-state index in [1.807, 2.05) is 0 Å². The Kier molecular flexibility index (Phi) is 3.49. The van der Waals surface area contributed by atoms with Gasteiger partial charge in [0.05, 0.1) is 34.1 Å². The molecule has 0 radical (unpaired) electrons. The number of hydrogen-bond donors (Lipinski definition) is 2. The topological polar surface area (TPSA) is 75.6 Å². The minimum atomic E-state index is -0.305. The molecular weight excluding hydrogens is 309 g/mol. The third-order valence-corrected chi connectivity index (χ3v) is 3.20. The number of rotatable bonds is 3. The van der Waals surface area contributed by atoms with Crippen molar-refractivity contribution in [2.45, 2.75) is 6.54 Å². The van der Waals surface area contributed by atoms with Crippen LogP contribution >= 0.6 is 27.5 Å². The molecule has 0 bridgehead atoms. The van der Waals surface area contributed by atoms with Crippen molar-refractivity contribution in [1.29, 1.82) is 0 Å². The maximum Gasteiger partial charge on any atom is 0.271 e. The lowest BCUT2D eigenvalue weighted by Gasteiger charge is -2.05. The van der Waals surface area contributed by atoms with Gasteiger partial charge in [0.2, 0.25) is 0 Å². The molecule has 90 valence electrons. The Labute approximate surface area is 110 Å². The Morgan fingerprint density at radius 1 is 1.65 bits per heavy atom. The van der Waals surface area contributed by atoms with Crippen molar-refractivity contribution in [2.75, 3.05) is 0 Å². The van der Waals surface area contributed by atoms with Crippen molar-refractivity contribution in [3.63, 3.8) is 0 Å². The van der Waals surface area contributed by atoms with E-state index in [-0.39, 0.29) is 11.6 Å². The Morgan fingerprint density at radius 2 is 2.41 bits per heavy atom. The van der Waals surface area contributed by atoms with Crippen LogP contribution in [-0.4, -0.2) is 25.9 Å². The van der Waals surface area contributed by atoms with E-state index in [2.05, 4.69) is 36.5 Å². The fraction of sp³-hybridized carbons (Fsp3) is 0.222. The summed E-state index contributed by atoms with van der Waals surface area (Å²) in [6, 6.07) is 0. The lowest BCUT2D eigenvalue weighted by atomic mass is 10.3. The zero-order valence-electron chi connectivity index (χ0n) is 8.87. The molecule has 0 saturated carbocycles. The van der Waals surface area contributed by atoms with E-state index in [9.17, 15) is 4.79 Å². The zero-order chi connectivity index (χ0) is 12.4. The van der Waals surface area contributed by atoms with Crippen LogP contribution in [0.4, 0.5) is 0 Å². The average Bonchev–Trinajstić information content (AvgIpc) is 2.84. The molecule has 0 aliphatic rings. The third-order valence-electron chi connectivity index (χ3n) is 2.25. The van der Waals surface area contributed by atoms with Crippen molar-refractivity contribution in [1.82, 2.24) is 25.3 Å². The van der Waals surface area contributed by atoms with E-state index >= 15 is 0 Å². The molecule has 0 unspecified atom stereocenters. The van der Waals surface area contributed by atoms with Crippen LogP contribution in [0.3, 0.4) is 0 Å². The second-order valence-electron chi connectivity index (χ2n) is 3.34. The van der Waals surface area contributed by atoms with Gasteiger partial charge in [0, 0.05) is 7.05 Å². The molecule has 0 aliphatic heterocycles. The first-order chi connectivity index (χ1) is 8.09. The smallest absolute Gasteiger partial charge is 0.271 e. The SMILES string of the molecule is Cn1ncc(Br)c1CNC(=O)c1[nH]ncc1Cl. The number of aromatic nitrogens is 4. The first-order valence-corrected chi connectivity index (χ1v) is 5.90. The van der Waals surface area contributed by atoms with Crippen LogP contribution in [0.1, 0.15) is 16.2 Å². The molecule has 0 atom stereocenters. The summed E-state index contributed by atoms with van der Waals surface area (Å²) in [6.07, 6.45) is 3.06. The molecule has 6 nitrogen and oxygen atoms in total. The molecule has 2 aromatic rings. The molecular formula is C9H9BrClN5O. The van der Waals surface area contributed by atoms with Crippen LogP contribution in [0, 0.1) is 0 Å². The predicted octanol–water partition coefficient (Wildman–Crippen LogP) is 1.49. The van der Waals surface area contributed by atoms with E-state index < -0.39 is 0 Å². The summed E-state index contributed by atoms with van der Waals surface area (Å²) in [5, 5.41) is 13.3. The molecule has 0 spiro atoms. The summed E-state index contributed by atoms with van der Waals surface area (Å²) < 4.78 is 2.52. The van der Waals surface area contributed by atoms with Crippen LogP contribution < -0.4 is 5.32 Å². The molecule has 2 aromatic heterocycles. The Balaban J connectivity index is 2.05. The summed E-state index contributed by atoms with van der Waals surface area (Å²) in [4.78, 5) is 11.7. The van der Waals surface area contributed by atoms with Gasteiger partial charge in [0.1, 0.15) is 5.69 Å². The number of hydrogen-bond acceptors (Lipinski definition) is 3. The lowest BCUT2D eigenvalue weighted by molar-refractivity contribution is 0.0945. The summed E-state index contributed by atoms with van der Waals surface area (Å²) in [6.45, 7) is 0.352. The van der Waals surface area contributed by atoms with Gasteiger partial charge in [-0.2, -0.15) is 10.2 Å². The largest absolute Gasteiger partial charge is 0.345 e. The number of aryl methyl sites for hydroxylation is 1. The first kappa shape index (κ1) is 12.1. The minimum absolute atomic E-state index is 0.255. The number of carbonyl (C=O) groups excluding carboxylic acids is 1. The molecule has 2 rings (SSSR count). The Morgan fingerprint density at radius 3 is 2.94 bits per heavy atom. The van der Waals surface area contributed by atoms with Crippen molar-refractivity contribution >= 4 is 33.4 Å². The number of carbonyl (C=O) groups is 1. The fourth-order valence-electron chi connectivity index (χ4n) is 1.32. The van der Waals surface area contributed by atoms with E-state index in [4.69, 9.17) is 11.6 Å². The molecule has 1 amide bonds. The highest BCUT2D eigenvalue weighted by atomic mass is 79.9. The minimum Gasteiger partial charge on any atom is -0.345 e.